The Hall–Kier alpha value is -0.460. The lowest BCUT2D eigenvalue weighted by atomic mass is 10.2. The van der Waals surface area contributed by atoms with Crippen LogP contribution >= 0.6 is 23.5 Å². The van der Waals surface area contributed by atoms with Gasteiger partial charge in [0.1, 0.15) is 10.8 Å². The summed E-state index contributed by atoms with van der Waals surface area (Å²) in [5.41, 5.74) is 5.74. The number of nitrogens with zero attached hydrogens (tertiary/aromatic N) is 2. The molecule has 6 heteroatoms. The molecule has 0 atom stereocenters. The molecule has 1 saturated heterocycles. The van der Waals surface area contributed by atoms with Crippen molar-refractivity contribution in [1.29, 1.82) is 0 Å². The van der Waals surface area contributed by atoms with E-state index in [1.54, 1.807) is 11.8 Å². The van der Waals surface area contributed by atoms with E-state index in [4.69, 9.17) is 10.5 Å². The minimum absolute atomic E-state index is 0.550. The molecule has 0 radical (unpaired) electrons. The van der Waals surface area contributed by atoms with E-state index in [9.17, 15) is 0 Å². The smallest absolute Gasteiger partial charge is 0.190 e. The van der Waals surface area contributed by atoms with E-state index in [-0.39, 0.29) is 0 Å². The zero-order chi connectivity index (χ0) is 11.4. The monoisotopic (exact) mass is 257 g/mol. The average molecular weight is 257 g/mol. The molecule has 0 spiro atoms. The number of aromatic nitrogens is 2. The summed E-state index contributed by atoms with van der Waals surface area (Å²) in [5.74, 6) is 0.550. The lowest BCUT2D eigenvalue weighted by molar-refractivity contribution is 0.1000. The van der Waals surface area contributed by atoms with Crippen LogP contribution in [0.5, 0.6) is 0 Å². The lowest BCUT2D eigenvalue weighted by Crippen LogP contribution is -2.17. The van der Waals surface area contributed by atoms with Gasteiger partial charge in [0.25, 0.3) is 0 Å². The van der Waals surface area contributed by atoms with Crippen LogP contribution in [0, 0.1) is 0 Å². The molecule has 4 nitrogen and oxygen atoms in total. The van der Waals surface area contributed by atoms with Gasteiger partial charge in [0.2, 0.25) is 0 Å². The van der Waals surface area contributed by atoms with Crippen molar-refractivity contribution < 1.29 is 4.74 Å². The summed E-state index contributed by atoms with van der Waals surface area (Å²) in [4.78, 5) is 8.58. The highest BCUT2D eigenvalue weighted by Crippen LogP contribution is 2.29. The first-order valence-electron chi connectivity index (χ1n) is 5.21. The van der Waals surface area contributed by atoms with E-state index >= 15 is 0 Å². The maximum absolute atomic E-state index is 5.74. The van der Waals surface area contributed by atoms with Crippen molar-refractivity contribution in [2.24, 2.45) is 0 Å². The molecule has 1 aromatic heterocycles. The van der Waals surface area contributed by atoms with E-state index in [1.165, 1.54) is 11.8 Å². The Bertz CT molecular complexity index is 356. The van der Waals surface area contributed by atoms with Crippen molar-refractivity contribution in [3.63, 3.8) is 0 Å². The lowest BCUT2D eigenvalue weighted by Gasteiger charge is -2.21. The standard InChI is InChI=1S/C10H15N3OS2/c1-15-10-12-8(11)6-9(13-10)16-7-2-4-14-5-3-7/h6-7H,2-5H2,1H3,(H2,11,12,13). The van der Waals surface area contributed by atoms with Gasteiger partial charge in [-0.15, -0.1) is 11.8 Å². The molecule has 2 rings (SSSR count). The zero-order valence-corrected chi connectivity index (χ0v) is 10.8. The number of hydrogen-bond donors (Lipinski definition) is 1. The van der Waals surface area contributed by atoms with Gasteiger partial charge < -0.3 is 10.5 Å². The molecule has 0 amide bonds. The van der Waals surface area contributed by atoms with Crippen LogP contribution in [0.15, 0.2) is 16.2 Å². The van der Waals surface area contributed by atoms with Crippen LogP contribution in [0.4, 0.5) is 5.82 Å². The molecular formula is C10H15N3OS2. The number of nitrogen functional groups attached to an aromatic ring is 1. The van der Waals surface area contributed by atoms with Crippen molar-refractivity contribution in [2.75, 3.05) is 25.2 Å². The second kappa shape index (κ2) is 5.75. The second-order valence-corrected chi connectivity index (χ2v) is 5.64. The summed E-state index contributed by atoms with van der Waals surface area (Å²) in [6.45, 7) is 1.71. The molecule has 0 saturated carbocycles. The Balaban J connectivity index is 2.04. The molecule has 0 aliphatic carbocycles. The molecule has 1 fully saturated rings. The topological polar surface area (TPSA) is 61.0 Å². The van der Waals surface area contributed by atoms with Crippen LogP contribution in [0.25, 0.3) is 0 Å². The zero-order valence-electron chi connectivity index (χ0n) is 9.18. The number of rotatable bonds is 3. The first-order valence-corrected chi connectivity index (χ1v) is 7.31. The third-order valence-electron chi connectivity index (χ3n) is 2.34. The predicted octanol–water partition coefficient (Wildman–Crippen LogP) is 2.05. The summed E-state index contributed by atoms with van der Waals surface area (Å²) in [7, 11) is 0. The van der Waals surface area contributed by atoms with E-state index in [0.717, 1.165) is 36.2 Å². The fourth-order valence-electron chi connectivity index (χ4n) is 1.54. The predicted molar refractivity (Wildman–Crippen MR) is 67.9 cm³/mol. The van der Waals surface area contributed by atoms with Gasteiger partial charge in [-0.25, -0.2) is 9.97 Å². The van der Waals surface area contributed by atoms with Gasteiger partial charge in [0.05, 0.1) is 0 Å². The van der Waals surface area contributed by atoms with E-state index in [0.29, 0.717) is 11.1 Å². The van der Waals surface area contributed by atoms with Gasteiger partial charge >= 0.3 is 0 Å². The molecule has 2 N–H and O–H groups in total. The Morgan fingerprint density at radius 1 is 1.38 bits per heavy atom. The van der Waals surface area contributed by atoms with Gasteiger partial charge in [0, 0.05) is 24.5 Å². The van der Waals surface area contributed by atoms with Crippen molar-refractivity contribution >= 4 is 29.3 Å². The minimum atomic E-state index is 0.550. The Morgan fingerprint density at radius 2 is 2.12 bits per heavy atom. The van der Waals surface area contributed by atoms with Crippen molar-refractivity contribution in [1.82, 2.24) is 9.97 Å². The molecule has 0 aromatic carbocycles. The van der Waals surface area contributed by atoms with Crippen LogP contribution in [-0.2, 0) is 4.74 Å². The minimum Gasteiger partial charge on any atom is -0.384 e. The fourth-order valence-corrected chi connectivity index (χ4v) is 3.08. The summed E-state index contributed by atoms with van der Waals surface area (Å²) < 4.78 is 5.33. The van der Waals surface area contributed by atoms with E-state index < -0.39 is 0 Å². The molecular weight excluding hydrogens is 242 g/mol. The molecule has 0 unspecified atom stereocenters. The molecule has 1 aliphatic rings. The summed E-state index contributed by atoms with van der Waals surface area (Å²) in [5, 5.41) is 2.32. The van der Waals surface area contributed by atoms with Crippen LogP contribution in [0.2, 0.25) is 0 Å². The number of ether oxygens (including phenoxy) is 1. The number of hydrogen-bond acceptors (Lipinski definition) is 6. The Labute approximate surface area is 104 Å². The number of nitrogens with two attached hydrogens (primary N) is 1. The SMILES string of the molecule is CSc1nc(N)cc(SC2CCOCC2)n1. The quantitative estimate of drug-likeness (QED) is 0.508. The van der Waals surface area contributed by atoms with E-state index in [1.807, 2.05) is 12.3 Å². The molecule has 2 heterocycles. The number of anilines is 1. The normalized spacial score (nSPS) is 17.6. The molecule has 1 aliphatic heterocycles. The van der Waals surface area contributed by atoms with Crippen molar-refractivity contribution in [3.8, 4) is 0 Å². The third kappa shape index (κ3) is 3.26. The largest absolute Gasteiger partial charge is 0.384 e. The highest BCUT2D eigenvalue weighted by molar-refractivity contribution is 8.00. The van der Waals surface area contributed by atoms with Crippen molar-refractivity contribution in [3.05, 3.63) is 6.07 Å². The van der Waals surface area contributed by atoms with Crippen LogP contribution in [0.1, 0.15) is 12.8 Å². The number of thioether (sulfide) groups is 2. The van der Waals surface area contributed by atoms with Crippen LogP contribution in [0.3, 0.4) is 0 Å². The average Bonchev–Trinajstić information content (AvgIpc) is 2.29. The highest BCUT2D eigenvalue weighted by atomic mass is 32.2. The van der Waals surface area contributed by atoms with Crippen LogP contribution in [-0.4, -0.2) is 34.7 Å². The summed E-state index contributed by atoms with van der Waals surface area (Å²) in [6.07, 6.45) is 4.13. The van der Waals surface area contributed by atoms with Gasteiger partial charge in [-0.05, 0) is 19.1 Å². The first kappa shape index (κ1) is 12.0. The maximum Gasteiger partial charge on any atom is 0.190 e. The Kier molecular flexibility index (Phi) is 4.31. The highest BCUT2D eigenvalue weighted by Gasteiger charge is 2.16. The summed E-state index contributed by atoms with van der Waals surface area (Å²) in [6, 6.07) is 1.85. The second-order valence-electron chi connectivity index (χ2n) is 3.55. The fraction of sp³-hybridized carbons (Fsp3) is 0.600. The Morgan fingerprint density at radius 3 is 2.81 bits per heavy atom. The molecule has 88 valence electrons. The molecule has 16 heavy (non-hydrogen) atoms. The molecule has 1 aromatic rings. The van der Waals surface area contributed by atoms with Gasteiger partial charge in [0.15, 0.2) is 5.16 Å². The van der Waals surface area contributed by atoms with E-state index in [2.05, 4.69) is 9.97 Å². The third-order valence-corrected chi connectivity index (χ3v) is 4.14. The van der Waals surface area contributed by atoms with Crippen LogP contribution < -0.4 is 5.73 Å². The maximum atomic E-state index is 5.74. The van der Waals surface area contributed by atoms with Gasteiger partial charge in [-0.3, -0.25) is 0 Å². The van der Waals surface area contributed by atoms with Gasteiger partial charge in [-0.1, -0.05) is 11.8 Å². The molecule has 0 bridgehead atoms. The van der Waals surface area contributed by atoms with Crippen molar-refractivity contribution in [2.45, 2.75) is 28.3 Å². The van der Waals surface area contributed by atoms with Gasteiger partial charge in [-0.2, -0.15) is 0 Å². The summed E-state index contributed by atoms with van der Waals surface area (Å²) >= 11 is 3.30. The first-order chi connectivity index (χ1) is 7.78.